The summed E-state index contributed by atoms with van der Waals surface area (Å²) in [4.78, 5) is 41.7. The van der Waals surface area contributed by atoms with Crippen LogP contribution in [0.3, 0.4) is 0 Å². The number of pyridine rings is 1. The maximum Gasteiger partial charge on any atom is 0.319 e. The zero-order valence-electron chi connectivity index (χ0n) is 14.2. The number of urea groups is 1. The van der Waals surface area contributed by atoms with E-state index in [1.165, 1.54) is 12.3 Å². The highest BCUT2D eigenvalue weighted by Gasteiger charge is 2.30. The number of nitrogens with zero attached hydrogens (tertiary/aromatic N) is 2. The molecule has 0 spiro atoms. The maximum absolute atomic E-state index is 11.9. The molecule has 2 heterocycles. The summed E-state index contributed by atoms with van der Waals surface area (Å²) in [6.45, 7) is 1.99. The fourth-order valence-corrected chi connectivity index (χ4v) is 2.75. The molecule has 0 aliphatic carbocycles. The van der Waals surface area contributed by atoms with E-state index < -0.39 is 6.03 Å². The van der Waals surface area contributed by atoms with E-state index in [0.29, 0.717) is 25.9 Å². The molecule has 0 bridgehead atoms. The van der Waals surface area contributed by atoms with Gasteiger partial charge in [0.05, 0.1) is 0 Å². The second kappa shape index (κ2) is 8.49. The third-order valence-corrected chi connectivity index (χ3v) is 4.07. The average molecular weight is 335 g/mol. The Labute approximate surface area is 141 Å². The first-order valence-corrected chi connectivity index (χ1v) is 8.14. The minimum absolute atomic E-state index is 0.165. The van der Waals surface area contributed by atoms with Gasteiger partial charge in [0.2, 0.25) is 5.91 Å². The van der Waals surface area contributed by atoms with Crippen LogP contribution in [0.5, 0.6) is 0 Å². The number of aromatic nitrogens is 1. The minimum atomic E-state index is -0.420. The van der Waals surface area contributed by atoms with Gasteiger partial charge in [0.1, 0.15) is 5.69 Å². The average Bonchev–Trinajstić information content (AvgIpc) is 2.88. The second-order valence-corrected chi connectivity index (χ2v) is 6.17. The van der Waals surface area contributed by atoms with Crippen LogP contribution in [0, 0.1) is 0 Å². The van der Waals surface area contributed by atoms with Gasteiger partial charge in [-0.15, -0.1) is 0 Å². The lowest BCUT2D eigenvalue weighted by Crippen LogP contribution is -2.40. The predicted octanol–water partition coefficient (Wildman–Crippen LogP) is 0.439. The van der Waals surface area contributed by atoms with Crippen LogP contribution in [-0.4, -0.2) is 66.5 Å². The number of amides is 3. The number of carbonyl (C=O) groups is 2. The molecular formula is C16H25N5O3. The molecular weight excluding hydrogens is 310 g/mol. The smallest absolute Gasteiger partial charge is 0.319 e. The zero-order chi connectivity index (χ0) is 17.5. The van der Waals surface area contributed by atoms with Crippen molar-refractivity contribution in [3.8, 4) is 0 Å². The van der Waals surface area contributed by atoms with Gasteiger partial charge < -0.3 is 25.4 Å². The van der Waals surface area contributed by atoms with Crippen molar-refractivity contribution in [3.05, 3.63) is 28.7 Å². The number of likely N-dealkylation sites (N-methyl/N-ethyl adjacent to an activating group) is 1. The molecule has 8 nitrogen and oxygen atoms in total. The second-order valence-electron chi connectivity index (χ2n) is 6.17. The molecule has 0 saturated carbocycles. The third kappa shape index (κ3) is 5.09. The highest BCUT2D eigenvalue weighted by atomic mass is 16.2. The molecule has 132 valence electrons. The lowest BCUT2D eigenvalue weighted by atomic mass is 10.1. The van der Waals surface area contributed by atoms with Crippen molar-refractivity contribution < 1.29 is 9.59 Å². The molecule has 1 unspecified atom stereocenters. The van der Waals surface area contributed by atoms with Crippen LogP contribution in [-0.2, 0) is 4.79 Å². The maximum atomic E-state index is 11.9. The van der Waals surface area contributed by atoms with Gasteiger partial charge in [-0.05, 0) is 39.1 Å². The van der Waals surface area contributed by atoms with E-state index in [2.05, 4.69) is 15.6 Å². The number of rotatable bonds is 7. The van der Waals surface area contributed by atoms with Crippen LogP contribution in [0.4, 0.5) is 10.5 Å². The Morgan fingerprint density at radius 3 is 2.92 bits per heavy atom. The minimum Gasteiger partial charge on any atom is -0.338 e. The Hall–Kier alpha value is -2.35. The van der Waals surface area contributed by atoms with Crippen molar-refractivity contribution in [3.63, 3.8) is 0 Å². The summed E-state index contributed by atoms with van der Waals surface area (Å²) in [6, 6.07) is 2.93. The lowest BCUT2D eigenvalue weighted by Gasteiger charge is -2.26. The Morgan fingerprint density at radius 1 is 1.42 bits per heavy atom. The topological polar surface area (TPSA) is 97.5 Å². The summed E-state index contributed by atoms with van der Waals surface area (Å²) in [5, 5.41) is 5.25. The fourth-order valence-electron chi connectivity index (χ4n) is 2.75. The van der Waals surface area contributed by atoms with Gasteiger partial charge in [-0.2, -0.15) is 0 Å². The van der Waals surface area contributed by atoms with Crippen molar-refractivity contribution in [2.75, 3.05) is 39.0 Å². The first-order valence-electron chi connectivity index (χ1n) is 8.14. The van der Waals surface area contributed by atoms with E-state index in [9.17, 15) is 14.4 Å². The normalized spacial score (nSPS) is 17.4. The molecule has 1 saturated heterocycles. The fraction of sp³-hybridized carbons (Fsp3) is 0.562. The van der Waals surface area contributed by atoms with Crippen molar-refractivity contribution in [1.82, 2.24) is 20.1 Å². The van der Waals surface area contributed by atoms with Crippen LogP contribution in [0.25, 0.3) is 0 Å². The Morgan fingerprint density at radius 2 is 2.21 bits per heavy atom. The molecule has 0 radical (unpaired) electrons. The Bertz CT molecular complexity index is 628. The van der Waals surface area contributed by atoms with Gasteiger partial charge in [0.15, 0.2) is 0 Å². The molecule has 3 amide bonds. The summed E-state index contributed by atoms with van der Waals surface area (Å²) in [7, 11) is 3.96. The number of nitrogens with one attached hydrogen (secondary N) is 3. The number of likely N-dealkylation sites (tertiary alicyclic amines) is 1. The highest BCUT2D eigenvalue weighted by molar-refractivity contribution is 5.88. The van der Waals surface area contributed by atoms with Crippen LogP contribution >= 0.6 is 0 Å². The van der Waals surface area contributed by atoms with Gasteiger partial charge in [-0.3, -0.25) is 9.59 Å². The summed E-state index contributed by atoms with van der Waals surface area (Å²) in [5.41, 5.74) is -0.137. The van der Waals surface area contributed by atoms with Crippen LogP contribution in [0.1, 0.15) is 19.3 Å². The van der Waals surface area contributed by atoms with Crippen LogP contribution in [0.15, 0.2) is 23.1 Å². The molecule has 1 aliphatic rings. The molecule has 3 N–H and O–H groups in total. The Balaban J connectivity index is 1.76. The molecule has 1 aliphatic heterocycles. The predicted molar refractivity (Wildman–Crippen MR) is 92.0 cm³/mol. The van der Waals surface area contributed by atoms with Crippen molar-refractivity contribution >= 4 is 17.6 Å². The largest absolute Gasteiger partial charge is 0.338 e. The van der Waals surface area contributed by atoms with Gasteiger partial charge in [-0.25, -0.2) is 4.79 Å². The van der Waals surface area contributed by atoms with E-state index in [1.54, 1.807) is 6.07 Å². The van der Waals surface area contributed by atoms with E-state index in [1.807, 2.05) is 23.9 Å². The molecule has 1 aromatic rings. The van der Waals surface area contributed by atoms with Gasteiger partial charge in [-0.1, -0.05) is 0 Å². The number of aromatic amines is 1. The van der Waals surface area contributed by atoms with Gasteiger partial charge >= 0.3 is 6.03 Å². The first-order chi connectivity index (χ1) is 11.5. The van der Waals surface area contributed by atoms with E-state index in [0.717, 1.165) is 13.0 Å². The molecule has 1 atom stereocenters. The third-order valence-electron chi connectivity index (χ3n) is 4.07. The summed E-state index contributed by atoms with van der Waals surface area (Å²) in [6.07, 6.45) is 3.61. The lowest BCUT2D eigenvalue weighted by molar-refractivity contribution is -0.129. The van der Waals surface area contributed by atoms with E-state index in [-0.39, 0.29) is 23.2 Å². The van der Waals surface area contributed by atoms with Crippen LogP contribution in [0.2, 0.25) is 0 Å². The van der Waals surface area contributed by atoms with Crippen molar-refractivity contribution in [2.45, 2.75) is 25.3 Å². The molecule has 8 heteroatoms. The molecule has 0 aromatic carbocycles. The monoisotopic (exact) mass is 335 g/mol. The zero-order valence-corrected chi connectivity index (χ0v) is 14.2. The first kappa shape index (κ1) is 18.0. The highest BCUT2D eigenvalue weighted by Crippen LogP contribution is 2.20. The van der Waals surface area contributed by atoms with Crippen molar-refractivity contribution in [2.24, 2.45) is 0 Å². The van der Waals surface area contributed by atoms with Crippen molar-refractivity contribution in [1.29, 1.82) is 0 Å². The molecule has 1 aromatic heterocycles. The Kier molecular flexibility index (Phi) is 6.36. The van der Waals surface area contributed by atoms with Gasteiger partial charge in [0, 0.05) is 38.3 Å². The summed E-state index contributed by atoms with van der Waals surface area (Å²) in [5.74, 6) is 0.183. The summed E-state index contributed by atoms with van der Waals surface area (Å²) < 4.78 is 0. The number of hydrogen-bond acceptors (Lipinski definition) is 4. The van der Waals surface area contributed by atoms with E-state index >= 15 is 0 Å². The molecule has 2 rings (SSSR count). The molecule has 24 heavy (non-hydrogen) atoms. The van der Waals surface area contributed by atoms with Gasteiger partial charge in [0.25, 0.3) is 5.56 Å². The summed E-state index contributed by atoms with van der Waals surface area (Å²) >= 11 is 0. The van der Waals surface area contributed by atoms with Crippen LogP contribution < -0.4 is 16.2 Å². The van der Waals surface area contributed by atoms with E-state index in [4.69, 9.17) is 0 Å². The SMILES string of the molecule is CN(C)CCN1C(=O)CCC1CCNC(=O)Nc1ccc[nH]c1=O. The standard InChI is InChI=1S/C16H25N5O3/c1-20(2)10-11-21-12(5-6-14(21)22)7-9-18-16(24)19-13-4-3-8-17-15(13)23/h3-4,8,12H,5-7,9-11H2,1-2H3,(H,17,23)(H2,18,19,24). The number of hydrogen-bond donors (Lipinski definition) is 3. The quantitative estimate of drug-likeness (QED) is 0.673. The number of carbonyl (C=O) groups excluding carboxylic acids is 2. The molecule has 1 fully saturated rings. The number of H-pyrrole nitrogens is 1. The number of anilines is 1.